The summed E-state index contributed by atoms with van der Waals surface area (Å²) in [4.78, 5) is 23.4. The Morgan fingerprint density at radius 1 is 1.41 bits per heavy atom. The molecule has 0 saturated heterocycles. The van der Waals surface area contributed by atoms with Crippen LogP contribution in [0.5, 0.6) is 0 Å². The second-order valence-corrected chi connectivity index (χ2v) is 8.56. The number of nitrogens with zero attached hydrogens (tertiary/aromatic N) is 1. The van der Waals surface area contributed by atoms with E-state index in [0.29, 0.717) is 12.8 Å². The summed E-state index contributed by atoms with van der Waals surface area (Å²) in [7, 11) is -2.42. The summed E-state index contributed by atoms with van der Waals surface area (Å²) in [6, 6.07) is 3.08. The minimum absolute atomic E-state index is 0.150. The van der Waals surface area contributed by atoms with Crippen LogP contribution in [0.4, 0.5) is 0 Å². The van der Waals surface area contributed by atoms with E-state index >= 15 is 0 Å². The smallest absolute Gasteiger partial charge is 0.329 e. The SMILES string of the molecule is CN(CC(=O)NC1(C(=O)O)CCCC1)S(=O)(=O)c1cccs1. The van der Waals surface area contributed by atoms with Crippen molar-refractivity contribution in [2.24, 2.45) is 0 Å². The number of amides is 1. The van der Waals surface area contributed by atoms with E-state index in [1.165, 1.54) is 13.1 Å². The molecule has 0 unspecified atom stereocenters. The molecule has 0 atom stereocenters. The van der Waals surface area contributed by atoms with E-state index in [9.17, 15) is 23.1 Å². The Morgan fingerprint density at radius 3 is 2.55 bits per heavy atom. The molecule has 9 heteroatoms. The molecular formula is C13H18N2O5S2. The van der Waals surface area contributed by atoms with Gasteiger partial charge in [-0.05, 0) is 24.3 Å². The molecule has 1 aromatic rings. The van der Waals surface area contributed by atoms with E-state index in [1.807, 2.05) is 0 Å². The molecule has 22 heavy (non-hydrogen) atoms. The zero-order valence-electron chi connectivity index (χ0n) is 12.1. The van der Waals surface area contributed by atoms with Gasteiger partial charge in [-0.2, -0.15) is 4.31 Å². The minimum atomic E-state index is -3.72. The number of aliphatic carboxylic acids is 1. The van der Waals surface area contributed by atoms with E-state index in [1.54, 1.807) is 11.4 Å². The lowest BCUT2D eigenvalue weighted by Gasteiger charge is -2.26. The molecule has 1 saturated carbocycles. The quantitative estimate of drug-likeness (QED) is 0.796. The van der Waals surface area contributed by atoms with Gasteiger partial charge in [0.25, 0.3) is 10.0 Å². The number of carbonyl (C=O) groups is 2. The molecular weight excluding hydrogens is 328 g/mol. The van der Waals surface area contributed by atoms with Crippen LogP contribution in [0.15, 0.2) is 21.7 Å². The Balaban J connectivity index is 2.04. The number of carboxylic acid groups (broad SMARTS) is 1. The van der Waals surface area contributed by atoms with Crippen molar-refractivity contribution in [3.63, 3.8) is 0 Å². The van der Waals surface area contributed by atoms with Gasteiger partial charge in [-0.3, -0.25) is 4.79 Å². The predicted octanol–water partition coefficient (Wildman–Crippen LogP) is 0.882. The fourth-order valence-corrected chi connectivity index (χ4v) is 4.86. The number of hydrogen-bond donors (Lipinski definition) is 2. The number of sulfonamides is 1. The summed E-state index contributed by atoms with van der Waals surface area (Å²) in [6.45, 7) is -0.407. The first-order chi connectivity index (χ1) is 10.3. The van der Waals surface area contributed by atoms with Gasteiger partial charge < -0.3 is 10.4 Å². The molecule has 0 bridgehead atoms. The molecule has 0 radical (unpaired) electrons. The highest BCUT2D eigenvalue weighted by atomic mass is 32.2. The summed E-state index contributed by atoms with van der Waals surface area (Å²) in [5, 5.41) is 13.4. The first kappa shape index (κ1) is 16.9. The summed E-state index contributed by atoms with van der Waals surface area (Å²) < 4.78 is 25.5. The van der Waals surface area contributed by atoms with E-state index in [0.717, 1.165) is 28.5 Å². The molecule has 0 spiro atoms. The average molecular weight is 346 g/mol. The van der Waals surface area contributed by atoms with Gasteiger partial charge in [-0.25, -0.2) is 13.2 Å². The van der Waals surface area contributed by atoms with Crippen LogP contribution in [-0.4, -0.2) is 48.8 Å². The van der Waals surface area contributed by atoms with Gasteiger partial charge in [-0.15, -0.1) is 11.3 Å². The second kappa shape index (κ2) is 6.35. The Hall–Kier alpha value is -1.45. The lowest BCUT2D eigenvalue weighted by atomic mass is 9.98. The van der Waals surface area contributed by atoms with Gasteiger partial charge in [0.2, 0.25) is 5.91 Å². The van der Waals surface area contributed by atoms with E-state index in [-0.39, 0.29) is 4.21 Å². The number of carboxylic acids is 1. The van der Waals surface area contributed by atoms with Crippen LogP contribution in [0, 0.1) is 0 Å². The summed E-state index contributed by atoms with van der Waals surface area (Å²) in [5.41, 5.74) is -1.26. The van der Waals surface area contributed by atoms with Crippen LogP contribution < -0.4 is 5.32 Å². The Bertz CT molecular complexity index is 648. The van der Waals surface area contributed by atoms with Crippen LogP contribution in [-0.2, 0) is 19.6 Å². The van der Waals surface area contributed by atoms with Crippen molar-refractivity contribution >= 4 is 33.2 Å². The summed E-state index contributed by atoms with van der Waals surface area (Å²) in [5.74, 6) is -1.67. The molecule has 1 amide bonds. The fraction of sp³-hybridized carbons (Fsp3) is 0.538. The number of likely N-dealkylation sites (N-methyl/N-ethyl adjacent to an activating group) is 1. The molecule has 1 aliphatic carbocycles. The molecule has 1 heterocycles. The summed E-state index contributed by atoms with van der Waals surface area (Å²) in [6.07, 6.45) is 2.21. The normalized spacial score (nSPS) is 17.5. The van der Waals surface area contributed by atoms with Gasteiger partial charge in [-0.1, -0.05) is 18.9 Å². The maximum Gasteiger partial charge on any atom is 0.329 e. The van der Waals surface area contributed by atoms with Gasteiger partial charge >= 0.3 is 5.97 Å². The lowest BCUT2D eigenvalue weighted by Crippen LogP contribution is -2.54. The molecule has 1 fully saturated rings. The maximum absolute atomic E-state index is 12.2. The molecule has 122 valence electrons. The van der Waals surface area contributed by atoms with E-state index in [4.69, 9.17) is 0 Å². The van der Waals surface area contributed by atoms with Crippen LogP contribution in [0.1, 0.15) is 25.7 Å². The Kier molecular flexibility index (Phi) is 4.88. The third-order valence-corrected chi connectivity index (χ3v) is 6.95. The third-order valence-electron chi connectivity index (χ3n) is 3.77. The van der Waals surface area contributed by atoms with Gasteiger partial charge in [0.15, 0.2) is 0 Å². The second-order valence-electron chi connectivity index (χ2n) is 5.34. The fourth-order valence-electron chi connectivity index (χ4n) is 2.53. The molecule has 1 aromatic heterocycles. The summed E-state index contributed by atoms with van der Waals surface area (Å²) >= 11 is 1.07. The van der Waals surface area contributed by atoms with Crippen LogP contribution >= 0.6 is 11.3 Å². The number of hydrogen-bond acceptors (Lipinski definition) is 5. The first-order valence-corrected chi connectivity index (χ1v) is 9.14. The van der Waals surface area contributed by atoms with Crippen molar-refractivity contribution in [3.8, 4) is 0 Å². The standard InChI is InChI=1S/C13H18N2O5S2/c1-15(22(19,20)11-5-4-8-21-11)9-10(16)14-13(12(17)18)6-2-3-7-13/h4-5,8H,2-3,6-7,9H2,1H3,(H,14,16)(H,17,18). The van der Waals surface area contributed by atoms with Crippen LogP contribution in [0.2, 0.25) is 0 Å². The molecule has 2 rings (SSSR count). The van der Waals surface area contributed by atoms with Gasteiger partial charge in [0.05, 0.1) is 6.54 Å². The predicted molar refractivity (Wildman–Crippen MR) is 81.1 cm³/mol. The van der Waals surface area contributed by atoms with Crippen molar-refractivity contribution in [1.29, 1.82) is 0 Å². The highest BCUT2D eigenvalue weighted by Gasteiger charge is 2.42. The molecule has 7 nitrogen and oxygen atoms in total. The first-order valence-electron chi connectivity index (χ1n) is 6.82. The Labute approximate surface area is 133 Å². The van der Waals surface area contributed by atoms with Crippen molar-refractivity contribution in [2.75, 3.05) is 13.6 Å². The van der Waals surface area contributed by atoms with Gasteiger partial charge in [0, 0.05) is 7.05 Å². The van der Waals surface area contributed by atoms with Gasteiger partial charge in [0.1, 0.15) is 9.75 Å². The minimum Gasteiger partial charge on any atom is -0.480 e. The molecule has 2 N–H and O–H groups in total. The topological polar surface area (TPSA) is 104 Å². The number of carbonyl (C=O) groups excluding carboxylic acids is 1. The number of nitrogens with one attached hydrogen (secondary N) is 1. The Morgan fingerprint density at radius 2 is 2.05 bits per heavy atom. The lowest BCUT2D eigenvalue weighted by molar-refractivity contribution is -0.147. The zero-order valence-corrected chi connectivity index (χ0v) is 13.7. The monoisotopic (exact) mass is 346 g/mol. The van der Waals surface area contributed by atoms with E-state index < -0.39 is 34.0 Å². The van der Waals surface area contributed by atoms with Crippen LogP contribution in [0.25, 0.3) is 0 Å². The van der Waals surface area contributed by atoms with Crippen molar-refractivity contribution in [2.45, 2.75) is 35.4 Å². The highest BCUT2D eigenvalue weighted by molar-refractivity contribution is 7.91. The molecule has 0 aliphatic heterocycles. The number of rotatable bonds is 6. The zero-order chi connectivity index (χ0) is 16.4. The van der Waals surface area contributed by atoms with Crippen molar-refractivity contribution < 1.29 is 23.1 Å². The molecule has 1 aliphatic rings. The average Bonchev–Trinajstić information content (AvgIpc) is 3.09. The van der Waals surface area contributed by atoms with Crippen molar-refractivity contribution in [1.82, 2.24) is 9.62 Å². The highest BCUT2D eigenvalue weighted by Crippen LogP contribution is 2.30. The third kappa shape index (κ3) is 3.31. The van der Waals surface area contributed by atoms with Crippen molar-refractivity contribution in [3.05, 3.63) is 17.5 Å². The van der Waals surface area contributed by atoms with Crippen LogP contribution in [0.3, 0.4) is 0 Å². The number of thiophene rings is 1. The maximum atomic E-state index is 12.2. The molecule has 0 aromatic carbocycles. The van der Waals surface area contributed by atoms with E-state index in [2.05, 4.69) is 5.32 Å². The largest absolute Gasteiger partial charge is 0.480 e.